The van der Waals surface area contributed by atoms with Gasteiger partial charge in [0.2, 0.25) is 5.91 Å². The molecule has 0 bridgehead atoms. The molecule has 8 heteroatoms. The van der Waals surface area contributed by atoms with Gasteiger partial charge in [0.15, 0.2) is 6.04 Å². The fraction of sp³-hybridized carbons (Fsp3) is 0.667. The first-order valence-corrected chi connectivity index (χ1v) is 4.91. The van der Waals surface area contributed by atoms with Crippen molar-refractivity contribution in [3.63, 3.8) is 0 Å². The van der Waals surface area contributed by atoms with Gasteiger partial charge in [0, 0.05) is 14.1 Å². The van der Waals surface area contributed by atoms with Crippen LogP contribution in [0.4, 0.5) is 4.79 Å². The average Bonchev–Trinajstić information content (AvgIpc) is 2.23. The van der Waals surface area contributed by atoms with Crippen molar-refractivity contribution in [3.05, 3.63) is 0 Å². The Balaban J connectivity index is 4.27. The highest BCUT2D eigenvalue weighted by Gasteiger charge is 2.22. The van der Waals surface area contributed by atoms with Crippen molar-refractivity contribution in [1.29, 1.82) is 0 Å². The molecule has 0 spiro atoms. The molecular formula is C9H17N3O5. The largest absolute Gasteiger partial charge is 0.480 e. The van der Waals surface area contributed by atoms with Crippen molar-refractivity contribution in [2.75, 3.05) is 20.7 Å². The lowest BCUT2D eigenvalue weighted by molar-refractivity contribution is -0.140. The molecule has 4 N–H and O–H groups in total. The van der Waals surface area contributed by atoms with Crippen LogP contribution in [0.5, 0.6) is 0 Å². The Hall–Kier alpha value is -1.83. The second-order valence-corrected chi connectivity index (χ2v) is 3.65. The summed E-state index contributed by atoms with van der Waals surface area (Å²) in [6.45, 7) is 0.745. The van der Waals surface area contributed by atoms with Gasteiger partial charge < -0.3 is 25.7 Å². The second kappa shape index (κ2) is 6.69. The normalized spacial score (nSPS) is 13.4. The van der Waals surface area contributed by atoms with E-state index in [-0.39, 0.29) is 5.91 Å². The number of carbonyl (C=O) groups excluding carboxylic acids is 2. The van der Waals surface area contributed by atoms with Crippen LogP contribution in [-0.2, 0) is 9.59 Å². The Kier molecular flexibility index (Phi) is 5.97. The zero-order valence-electron chi connectivity index (χ0n) is 9.93. The highest BCUT2D eigenvalue weighted by Crippen LogP contribution is 1.89. The van der Waals surface area contributed by atoms with Gasteiger partial charge in [0.05, 0.1) is 6.61 Å². The molecule has 0 aliphatic heterocycles. The van der Waals surface area contributed by atoms with E-state index in [0.717, 1.165) is 0 Å². The zero-order chi connectivity index (χ0) is 13.6. The summed E-state index contributed by atoms with van der Waals surface area (Å²) in [5.41, 5.74) is 0. The maximum Gasteiger partial charge on any atom is 0.328 e. The molecule has 3 amide bonds. The number of hydrogen-bond acceptors (Lipinski definition) is 4. The quantitative estimate of drug-likeness (QED) is 0.457. The molecule has 0 aliphatic rings. The van der Waals surface area contributed by atoms with Crippen molar-refractivity contribution >= 4 is 17.9 Å². The second-order valence-electron chi connectivity index (χ2n) is 3.65. The number of carbonyl (C=O) groups is 3. The van der Waals surface area contributed by atoms with Crippen molar-refractivity contribution in [2.24, 2.45) is 0 Å². The Morgan fingerprint density at radius 3 is 2.12 bits per heavy atom. The Bertz CT molecular complexity index is 305. The third-order valence-electron chi connectivity index (χ3n) is 1.94. The van der Waals surface area contributed by atoms with E-state index in [1.807, 2.05) is 5.32 Å². The minimum Gasteiger partial charge on any atom is -0.480 e. The molecule has 0 aromatic carbocycles. The van der Waals surface area contributed by atoms with Crippen LogP contribution in [0.1, 0.15) is 6.92 Å². The number of carboxylic acid groups (broad SMARTS) is 1. The predicted molar refractivity (Wildman–Crippen MR) is 58.3 cm³/mol. The summed E-state index contributed by atoms with van der Waals surface area (Å²) in [5.74, 6) is -1.68. The number of nitrogens with one attached hydrogen (secondary N) is 2. The van der Waals surface area contributed by atoms with Gasteiger partial charge in [0.1, 0.15) is 6.04 Å². The molecule has 0 aliphatic carbocycles. The van der Waals surface area contributed by atoms with Gasteiger partial charge in [-0.2, -0.15) is 0 Å². The van der Waals surface area contributed by atoms with Crippen LogP contribution in [-0.4, -0.2) is 65.8 Å². The van der Waals surface area contributed by atoms with Gasteiger partial charge in [0.25, 0.3) is 0 Å². The van der Waals surface area contributed by atoms with Crippen LogP contribution in [0.15, 0.2) is 0 Å². The molecule has 0 radical (unpaired) electrons. The molecule has 0 saturated carbocycles. The summed E-state index contributed by atoms with van der Waals surface area (Å²) in [7, 11) is 3.07. The van der Waals surface area contributed by atoms with Crippen LogP contribution in [0.25, 0.3) is 0 Å². The minimum absolute atomic E-state index is 0.323. The molecule has 2 atom stereocenters. The molecule has 98 valence electrons. The maximum atomic E-state index is 11.4. The SMILES string of the molecule is CC(NC(=O)N[C@H](CO)C(=O)O)C(=O)N(C)C. The number of amides is 3. The monoisotopic (exact) mass is 247 g/mol. The summed E-state index contributed by atoms with van der Waals surface area (Å²) in [6.07, 6.45) is 0. The number of carboxylic acids is 1. The van der Waals surface area contributed by atoms with Crippen LogP contribution >= 0.6 is 0 Å². The van der Waals surface area contributed by atoms with Gasteiger partial charge in [-0.05, 0) is 6.92 Å². The van der Waals surface area contributed by atoms with Gasteiger partial charge in [-0.3, -0.25) is 4.79 Å². The zero-order valence-corrected chi connectivity index (χ0v) is 9.93. The van der Waals surface area contributed by atoms with Gasteiger partial charge in [-0.1, -0.05) is 0 Å². The fourth-order valence-corrected chi connectivity index (χ4v) is 1.03. The van der Waals surface area contributed by atoms with E-state index in [2.05, 4.69) is 5.32 Å². The molecule has 0 fully saturated rings. The van der Waals surface area contributed by atoms with E-state index in [1.165, 1.54) is 25.9 Å². The lowest BCUT2D eigenvalue weighted by Crippen LogP contribution is -2.53. The number of rotatable bonds is 5. The van der Waals surface area contributed by atoms with E-state index >= 15 is 0 Å². The number of nitrogens with zero attached hydrogens (tertiary/aromatic N) is 1. The minimum atomic E-state index is -1.39. The van der Waals surface area contributed by atoms with Crippen molar-refractivity contribution < 1.29 is 24.6 Å². The number of urea groups is 1. The molecular weight excluding hydrogens is 230 g/mol. The molecule has 17 heavy (non-hydrogen) atoms. The molecule has 0 saturated heterocycles. The summed E-state index contributed by atoms with van der Waals surface area (Å²) in [4.78, 5) is 34.5. The first-order chi connectivity index (χ1) is 7.79. The van der Waals surface area contributed by atoms with Crippen LogP contribution < -0.4 is 10.6 Å². The molecule has 0 aromatic rings. The average molecular weight is 247 g/mol. The van der Waals surface area contributed by atoms with Crippen LogP contribution in [0.3, 0.4) is 0 Å². The standard InChI is InChI=1S/C9H17N3O5/c1-5(7(14)12(2)3)10-9(17)11-6(4-13)8(15)16/h5-6,13H,4H2,1-3H3,(H,15,16)(H2,10,11,17)/t5?,6-/m1/s1. The third-order valence-corrected chi connectivity index (χ3v) is 1.94. The Labute approximate surface area is 98.6 Å². The van der Waals surface area contributed by atoms with Gasteiger partial charge in [-0.15, -0.1) is 0 Å². The number of aliphatic hydroxyl groups is 1. The number of hydrogen-bond donors (Lipinski definition) is 4. The molecule has 0 aromatic heterocycles. The molecule has 0 heterocycles. The van der Waals surface area contributed by atoms with Crippen LogP contribution in [0, 0.1) is 0 Å². The smallest absolute Gasteiger partial charge is 0.328 e. The molecule has 0 rings (SSSR count). The maximum absolute atomic E-state index is 11.4. The summed E-state index contributed by atoms with van der Waals surface area (Å²) < 4.78 is 0. The first kappa shape index (κ1) is 15.2. The lowest BCUT2D eigenvalue weighted by atomic mass is 10.3. The van der Waals surface area contributed by atoms with E-state index in [0.29, 0.717) is 0 Å². The van der Waals surface area contributed by atoms with E-state index < -0.39 is 30.7 Å². The number of likely N-dealkylation sites (N-methyl/N-ethyl adjacent to an activating group) is 1. The van der Waals surface area contributed by atoms with E-state index in [1.54, 1.807) is 0 Å². The number of aliphatic hydroxyl groups excluding tert-OH is 1. The first-order valence-electron chi connectivity index (χ1n) is 4.91. The lowest BCUT2D eigenvalue weighted by Gasteiger charge is -2.19. The van der Waals surface area contributed by atoms with E-state index in [9.17, 15) is 14.4 Å². The molecule has 1 unspecified atom stereocenters. The number of aliphatic carboxylic acids is 1. The van der Waals surface area contributed by atoms with Gasteiger partial charge in [-0.25, -0.2) is 9.59 Å². The third kappa shape index (κ3) is 5.16. The Morgan fingerprint density at radius 1 is 1.24 bits per heavy atom. The predicted octanol–water partition coefficient (Wildman–Crippen LogP) is -1.79. The molecule has 8 nitrogen and oxygen atoms in total. The Morgan fingerprint density at radius 2 is 1.76 bits per heavy atom. The topological polar surface area (TPSA) is 119 Å². The van der Waals surface area contributed by atoms with Crippen molar-refractivity contribution in [3.8, 4) is 0 Å². The van der Waals surface area contributed by atoms with E-state index in [4.69, 9.17) is 10.2 Å². The van der Waals surface area contributed by atoms with Crippen LogP contribution in [0.2, 0.25) is 0 Å². The van der Waals surface area contributed by atoms with Gasteiger partial charge >= 0.3 is 12.0 Å². The summed E-state index contributed by atoms with van der Waals surface area (Å²) in [5, 5.41) is 21.5. The summed E-state index contributed by atoms with van der Waals surface area (Å²) >= 11 is 0. The summed E-state index contributed by atoms with van der Waals surface area (Å²) in [6, 6.07) is -3.00. The van der Waals surface area contributed by atoms with Crippen molar-refractivity contribution in [1.82, 2.24) is 15.5 Å². The highest BCUT2D eigenvalue weighted by atomic mass is 16.4. The highest BCUT2D eigenvalue weighted by molar-refractivity contribution is 5.88. The van der Waals surface area contributed by atoms with Crippen molar-refractivity contribution in [2.45, 2.75) is 19.0 Å². The fourth-order valence-electron chi connectivity index (χ4n) is 1.03.